The molecule has 0 amide bonds. The molecule has 5 atom stereocenters. The maximum Gasteiger partial charge on any atom is 0.343 e. The van der Waals surface area contributed by atoms with Crippen LogP contribution in [0.3, 0.4) is 0 Å². The van der Waals surface area contributed by atoms with E-state index < -0.39 is 5.60 Å². The number of carbonyl (C=O) groups excluding carboxylic acids is 1. The van der Waals surface area contributed by atoms with Crippen LogP contribution in [0.15, 0.2) is 44.7 Å². The minimum absolute atomic E-state index is 0.0836. The summed E-state index contributed by atoms with van der Waals surface area (Å²) in [5.74, 6) is 2.07. The fourth-order valence-electron chi connectivity index (χ4n) is 7.40. The molecule has 1 aromatic heterocycles. The van der Waals surface area contributed by atoms with Crippen molar-refractivity contribution in [2.75, 3.05) is 0 Å². The lowest BCUT2D eigenvalue weighted by Crippen LogP contribution is -2.63. The van der Waals surface area contributed by atoms with Gasteiger partial charge >= 0.3 is 5.63 Å². The van der Waals surface area contributed by atoms with Gasteiger partial charge in [0.1, 0.15) is 17.1 Å². The van der Waals surface area contributed by atoms with Gasteiger partial charge in [-0.05, 0) is 81.9 Å². The quantitative estimate of drug-likeness (QED) is 0.527. The smallest absolute Gasteiger partial charge is 0.343 e. The Kier molecular flexibility index (Phi) is 4.20. The number of fused-ring (bicyclic) bond motifs is 5. The van der Waals surface area contributed by atoms with Crippen molar-refractivity contribution in [3.63, 3.8) is 0 Å². The van der Waals surface area contributed by atoms with E-state index in [1.54, 1.807) is 6.08 Å². The van der Waals surface area contributed by atoms with Crippen LogP contribution in [0, 0.1) is 36.5 Å². The first kappa shape index (κ1) is 20.5. The highest BCUT2D eigenvalue weighted by Gasteiger charge is 2.66. The summed E-state index contributed by atoms with van der Waals surface area (Å²) in [4.78, 5) is 25.1. The van der Waals surface area contributed by atoms with Crippen LogP contribution in [0.25, 0.3) is 0 Å². The Labute approximate surface area is 184 Å². The predicted molar refractivity (Wildman–Crippen MR) is 120 cm³/mol. The summed E-state index contributed by atoms with van der Waals surface area (Å²) in [6, 6.07) is 0. The number of allylic oxidation sites excluding steroid dienone is 5. The van der Waals surface area contributed by atoms with Gasteiger partial charge in [-0.2, -0.15) is 0 Å². The first-order valence-electron chi connectivity index (χ1n) is 11.4. The Balaban J connectivity index is 1.68. The number of carbonyl (C=O) groups is 1. The normalized spacial score (nSPS) is 38.6. The van der Waals surface area contributed by atoms with Gasteiger partial charge in [0.2, 0.25) is 0 Å². The summed E-state index contributed by atoms with van der Waals surface area (Å²) in [5, 5.41) is 0. The third kappa shape index (κ3) is 2.48. The predicted octanol–water partition coefficient (Wildman–Crippen LogP) is 5.40. The summed E-state index contributed by atoms with van der Waals surface area (Å²) in [7, 11) is 0. The van der Waals surface area contributed by atoms with Crippen LogP contribution >= 0.6 is 0 Å². The summed E-state index contributed by atoms with van der Waals surface area (Å²) in [6.07, 6.45) is 11.6. The molecule has 0 bridgehead atoms. The molecule has 1 fully saturated rings. The van der Waals surface area contributed by atoms with E-state index in [0.29, 0.717) is 29.6 Å². The van der Waals surface area contributed by atoms with Crippen LogP contribution in [0.4, 0.5) is 0 Å². The van der Waals surface area contributed by atoms with E-state index in [-0.39, 0.29) is 22.2 Å². The molecule has 1 aliphatic heterocycles. The number of rotatable bonds is 0. The molecular formula is C27H32O4. The van der Waals surface area contributed by atoms with Gasteiger partial charge < -0.3 is 9.15 Å². The fraction of sp³-hybridized carbons (Fsp3) is 0.556. The molecule has 2 heterocycles. The van der Waals surface area contributed by atoms with E-state index in [0.717, 1.165) is 30.6 Å². The van der Waals surface area contributed by atoms with Gasteiger partial charge in [0.25, 0.3) is 0 Å². The Morgan fingerprint density at radius 3 is 2.58 bits per heavy atom. The van der Waals surface area contributed by atoms with Gasteiger partial charge in [-0.15, -0.1) is 0 Å². The van der Waals surface area contributed by atoms with Crippen molar-refractivity contribution in [2.45, 2.75) is 72.8 Å². The van der Waals surface area contributed by atoms with E-state index in [2.05, 4.69) is 39.8 Å². The Hall–Kier alpha value is -2.36. The highest BCUT2D eigenvalue weighted by atomic mass is 16.5. The zero-order valence-corrected chi connectivity index (χ0v) is 19.4. The molecule has 4 nitrogen and oxygen atoms in total. The number of hydrogen-bond acceptors (Lipinski definition) is 4. The molecule has 31 heavy (non-hydrogen) atoms. The molecular weight excluding hydrogens is 388 g/mol. The van der Waals surface area contributed by atoms with Gasteiger partial charge in [-0.25, -0.2) is 4.79 Å². The minimum atomic E-state index is -0.554. The van der Waals surface area contributed by atoms with E-state index in [9.17, 15) is 9.59 Å². The summed E-state index contributed by atoms with van der Waals surface area (Å²) in [5.41, 5.74) is 2.85. The van der Waals surface area contributed by atoms with Crippen LogP contribution in [-0.4, -0.2) is 11.4 Å². The molecule has 0 saturated heterocycles. The zero-order chi connectivity index (χ0) is 22.3. The Morgan fingerprint density at radius 2 is 1.84 bits per heavy atom. The van der Waals surface area contributed by atoms with Crippen molar-refractivity contribution in [1.82, 2.24) is 0 Å². The second kappa shape index (κ2) is 6.34. The molecule has 3 aliphatic carbocycles. The SMILES string of the molecule is CC1=CC(=O)C=C[C@]2(C)[C@H]3CC=C(C)[C@@]4(Cc5c(c(C)c(C)oc5=O)O4)[C@]3(C)CC[C@@H]12. The lowest BCUT2D eigenvalue weighted by atomic mass is 9.43. The Morgan fingerprint density at radius 1 is 1.10 bits per heavy atom. The lowest BCUT2D eigenvalue weighted by Gasteiger charge is -2.62. The van der Waals surface area contributed by atoms with Crippen LogP contribution in [0.1, 0.15) is 63.8 Å². The molecule has 164 valence electrons. The second-order valence-electron chi connectivity index (χ2n) is 10.7. The average Bonchev–Trinajstić information content (AvgIpc) is 3.08. The molecule has 1 saturated carbocycles. The Bertz CT molecular complexity index is 1150. The molecule has 5 rings (SSSR count). The summed E-state index contributed by atoms with van der Waals surface area (Å²) >= 11 is 0. The van der Waals surface area contributed by atoms with Gasteiger partial charge in [0.15, 0.2) is 5.78 Å². The monoisotopic (exact) mass is 420 g/mol. The first-order chi connectivity index (χ1) is 14.5. The number of aryl methyl sites for hydroxylation is 1. The molecule has 4 heteroatoms. The molecule has 0 aromatic carbocycles. The first-order valence-corrected chi connectivity index (χ1v) is 11.4. The largest absolute Gasteiger partial charge is 0.481 e. The lowest BCUT2D eigenvalue weighted by molar-refractivity contribution is -0.124. The van der Waals surface area contributed by atoms with Gasteiger partial charge in [0.05, 0.1) is 5.56 Å². The maximum absolute atomic E-state index is 12.8. The van der Waals surface area contributed by atoms with Crippen LogP contribution in [0.5, 0.6) is 5.75 Å². The van der Waals surface area contributed by atoms with Crippen LogP contribution < -0.4 is 10.4 Å². The average molecular weight is 421 g/mol. The molecule has 1 spiro atoms. The van der Waals surface area contributed by atoms with Crippen molar-refractivity contribution >= 4 is 5.78 Å². The molecule has 0 radical (unpaired) electrons. The van der Waals surface area contributed by atoms with E-state index in [1.807, 2.05) is 19.9 Å². The van der Waals surface area contributed by atoms with Crippen LogP contribution in [-0.2, 0) is 11.2 Å². The van der Waals surface area contributed by atoms with E-state index >= 15 is 0 Å². The van der Waals surface area contributed by atoms with Crippen molar-refractivity contribution in [3.8, 4) is 5.75 Å². The topological polar surface area (TPSA) is 56.5 Å². The zero-order valence-electron chi connectivity index (χ0n) is 19.4. The van der Waals surface area contributed by atoms with Gasteiger partial charge in [0, 0.05) is 17.4 Å². The molecule has 0 unspecified atom stereocenters. The summed E-state index contributed by atoms with van der Waals surface area (Å²) < 4.78 is 12.4. The van der Waals surface area contributed by atoms with Crippen molar-refractivity contribution < 1.29 is 13.9 Å². The maximum atomic E-state index is 12.8. The number of ether oxygens (including phenoxy) is 1. The number of hydrogen-bond donors (Lipinski definition) is 0. The van der Waals surface area contributed by atoms with Crippen molar-refractivity contribution in [3.05, 3.63) is 62.8 Å². The fourth-order valence-corrected chi connectivity index (χ4v) is 7.40. The van der Waals surface area contributed by atoms with Crippen LogP contribution in [0.2, 0.25) is 0 Å². The number of ketones is 1. The minimum Gasteiger partial charge on any atom is -0.481 e. The molecule has 4 aliphatic rings. The van der Waals surface area contributed by atoms with Gasteiger partial charge in [-0.1, -0.05) is 31.6 Å². The standard InChI is InChI=1S/C27H32O4/c1-15-13-19(28)9-11-25(5)21(15)10-12-26(6)22(25)8-7-16(2)27(26)14-20-23(31-27)17(3)18(4)30-24(20)29/h7,9,11,13,21-22H,8,10,12,14H2,1-6H3/t21-,22+,25-,26+,27-/m0/s1. The van der Waals surface area contributed by atoms with E-state index in [1.165, 1.54) is 11.1 Å². The third-order valence-corrected chi connectivity index (χ3v) is 9.31. The highest BCUT2D eigenvalue weighted by molar-refractivity contribution is 6.00. The molecule has 1 aromatic rings. The van der Waals surface area contributed by atoms with Crippen molar-refractivity contribution in [1.29, 1.82) is 0 Å². The van der Waals surface area contributed by atoms with Gasteiger partial charge in [-0.3, -0.25) is 4.79 Å². The third-order valence-electron chi connectivity index (χ3n) is 9.31. The molecule has 0 N–H and O–H groups in total. The van der Waals surface area contributed by atoms with Crippen molar-refractivity contribution in [2.24, 2.45) is 22.7 Å². The highest BCUT2D eigenvalue weighted by Crippen LogP contribution is 2.67. The second-order valence-corrected chi connectivity index (χ2v) is 10.7. The van der Waals surface area contributed by atoms with E-state index in [4.69, 9.17) is 9.15 Å². The summed E-state index contributed by atoms with van der Waals surface area (Å²) in [6.45, 7) is 12.7.